The van der Waals surface area contributed by atoms with Gasteiger partial charge in [-0.1, -0.05) is 35.9 Å². The second-order valence-corrected chi connectivity index (χ2v) is 5.36. The molecule has 1 N–H and O–H groups in total. The fraction of sp³-hybridized carbons (Fsp3) is 0. The molecule has 0 saturated carbocycles. The average molecular weight is 292 g/mol. The zero-order valence-corrected chi connectivity index (χ0v) is 13.2. The average Bonchev–Trinajstić information content (AvgIpc) is 2.29. The van der Waals surface area contributed by atoms with E-state index in [0.29, 0.717) is 5.02 Å². The third kappa shape index (κ3) is 3.82. The fourth-order valence-electron chi connectivity index (χ4n) is 1.46. The Morgan fingerprint density at radius 1 is 0.833 bits per heavy atom. The van der Waals surface area contributed by atoms with E-state index in [4.69, 9.17) is 16.2 Å². The Morgan fingerprint density at radius 2 is 1.22 bits per heavy atom. The standard InChI is InChI=1S/C12H9ClO3S.Na/c13-11-5-1-9(2-6-11)10-3-7-12(8-4-10)17(14,15)16;/h1-8H,(H,14,15,16);. The van der Waals surface area contributed by atoms with E-state index < -0.39 is 10.1 Å². The molecule has 89 valence electrons. The van der Waals surface area contributed by atoms with Gasteiger partial charge in [-0.2, -0.15) is 8.42 Å². The molecule has 0 unspecified atom stereocenters. The second kappa shape index (κ2) is 6.19. The van der Waals surface area contributed by atoms with E-state index in [2.05, 4.69) is 0 Å². The molecule has 0 saturated heterocycles. The van der Waals surface area contributed by atoms with Crippen LogP contribution in [0.25, 0.3) is 11.1 Å². The quantitative estimate of drug-likeness (QED) is 0.684. The molecule has 3 nitrogen and oxygen atoms in total. The summed E-state index contributed by atoms with van der Waals surface area (Å²) in [5.41, 5.74) is 1.78. The number of hydrogen-bond donors (Lipinski definition) is 1. The van der Waals surface area contributed by atoms with Gasteiger partial charge >= 0.3 is 0 Å². The van der Waals surface area contributed by atoms with Gasteiger partial charge in [0.15, 0.2) is 0 Å². The van der Waals surface area contributed by atoms with Gasteiger partial charge in [0.1, 0.15) is 0 Å². The number of benzene rings is 2. The first-order valence-corrected chi connectivity index (χ1v) is 6.62. The van der Waals surface area contributed by atoms with Crippen LogP contribution in [-0.2, 0) is 10.1 Å². The van der Waals surface area contributed by atoms with Crippen molar-refractivity contribution in [3.63, 3.8) is 0 Å². The Hall–Kier alpha value is -0.360. The molecule has 0 bridgehead atoms. The van der Waals surface area contributed by atoms with Crippen LogP contribution in [0.5, 0.6) is 0 Å². The predicted molar refractivity (Wildman–Crippen MR) is 72.5 cm³/mol. The molecule has 2 aromatic rings. The van der Waals surface area contributed by atoms with Crippen LogP contribution in [0.1, 0.15) is 0 Å². The SMILES string of the molecule is O=S(=O)(O)c1ccc(-c2ccc(Cl)cc2)cc1.[Na]. The maximum atomic E-state index is 10.9. The van der Waals surface area contributed by atoms with E-state index in [1.807, 2.05) is 12.1 Å². The van der Waals surface area contributed by atoms with Crippen LogP contribution >= 0.6 is 11.6 Å². The van der Waals surface area contributed by atoms with Gasteiger partial charge < -0.3 is 0 Å². The Labute approximate surface area is 133 Å². The van der Waals surface area contributed by atoms with E-state index in [9.17, 15) is 8.42 Å². The summed E-state index contributed by atoms with van der Waals surface area (Å²) in [7, 11) is -4.13. The molecule has 0 spiro atoms. The van der Waals surface area contributed by atoms with Crippen LogP contribution in [-0.4, -0.2) is 42.5 Å². The van der Waals surface area contributed by atoms with Gasteiger partial charge in [0.25, 0.3) is 10.1 Å². The molecule has 0 fully saturated rings. The summed E-state index contributed by atoms with van der Waals surface area (Å²) >= 11 is 5.77. The monoisotopic (exact) mass is 291 g/mol. The first kappa shape index (κ1) is 15.7. The molecular weight excluding hydrogens is 283 g/mol. The van der Waals surface area contributed by atoms with Gasteiger partial charge in [-0.25, -0.2) is 0 Å². The summed E-state index contributed by atoms with van der Waals surface area (Å²) in [6.07, 6.45) is 0. The molecule has 0 amide bonds. The van der Waals surface area contributed by atoms with Crippen molar-refractivity contribution in [1.29, 1.82) is 0 Å². The minimum atomic E-state index is -4.13. The zero-order valence-electron chi connectivity index (χ0n) is 9.67. The summed E-state index contributed by atoms with van der Waals surface area (Å²) in [4.78, 5) is -0.116. The number of halogens is 1. The van der Waals surface area contributed by atoms with Crippen LogP contribution < -0.4 is 0 Å². The largest absolute Gasteiger partial charge is 0.294 e. The first-order valence-electron chi connectivity index (χ1n) is 4.80. The minimum absolute atomic E-state index is 0. The summed E-state index contributed by atoms with van der Waals surface area (Å²) < 4.78 is 30.6. The molecule has 1 radical (unpaired) electrons. The Kier molecular flexibility index (Phi) is 5.40. The van der Waals surface area contributed by atoms with E-state index in [1.165, 1.54) is 12.1 Å². The maximum Gasteiger partial charge on any atom is 0.294 e. The van der Waals surface area contributed by atoms with Gasteiger partial charge in [-0.3, -0.25) is 4.55 Å². The van der Waals surface area contributed by atoms with Crippen molar-refractivity contribution in [2.45, 2.75) is 4.90 Å². The molecule has 0 aliphatic rings. The van der Waals surface area contributed by atoms with E-state index in [0.717, 1.165) is 11.1 Å². The Morgan fingerprint density at radius 3 is 1.61 bits per heavy atom. The van der Waals surface area contributed by atoms with Crippen molar-refractivity contribution >= 4 is 51.3 Å². The van der Waals surface area contributed by atoms with Gasteiger partial charge in [-0.05, 0) is 35.4 Å². The minimum Gasteiger partial charge on any atom is -0.282 e. The van der Waals surface area contributed by atoms with Gasteiger partial charge in [0.05, 0.1) is 4.90 Å². The van der Waals surface area contributed by atoms with Crippen molar-refractivity contribution in [3.05, 3.63) is 53.6 Å². The van der Waals surface area contributed by atoms with Crippen LogP contribution in [0.3, 0.4) is 0 Å². The topological polar surface area (TPSA) is 54.4 Å². The van der Waals surface area contributed by atoms with Gasteiger partial charge in [0.2, 0.25) is 0 Å². The molecule has 0 atom stereocenters. The molecular formula is C12H9ClNaO3S. The van der Waals surface area contributed by atoms with E-state index in [1.54, 1.807) is 24.3 Å². The van der Waals surface area contributed by atoms with Gasteiger partial charge in [-0.15, -0.1) is 0 Å². The maximum absolute atomic E-state index is 10.9. The van der Waals surface area contributed by atoms with Crippen LogP contribution in [0.4, 0.5) is 0 Å². The van der Waals surface area contributed by atoms with Crippen molar-refractivity contribution in [2.24, 2.45) is 0 Å². The number of hydrogen-bond acceptors (Lipinski definition) is 2. The van der Waals surface area contributed by atoms with Crippen LogP contribution in [0.2, 0.25) is 5.02 Å². The summed E-state index contributed by atoms with van der Waals surface area (Å²) in [6, 6.07) is 13.2. The van der Waals surface area contributed by atoms with E-state index in [-0.39, 0.29) is 34.5 Å². The van der Waals surface area contributed by atoms with Crippen LogP contribution in [0, 0.1) is 0 Å². The van der Waals surface area contributed by atoms with Crippen molar-refractivity contribution < 1.29 is 13.0 Å². The Balaban J connectivity index is 0.00000162. The van der Waals surface area contributed by atoms with Crippen LogP contribution in [0.15, 0.2) is 53.4 Å². The predicted octanol–water partition coefficient (Wildman–Crippen LogP) is 2.87. The molecule has 0 aromatic heterocycles. The summed E-state index contributed by atoms with van der Waals surface area (Å²) in [5, 5.41) is 0.642. The second-order valence-electron chi connectivity index (χ2n) is 3.51. The van der Waals surface area contributed by atoms with Crippen molar-refractivity contribution in [2.75, 3.05) is 0 Å². The summed E-state index contributed by atoms with van der Waals surface area (Å²) in [5.74, 6) is 0. The number of rotatable bonds is 2. The van der Waals surface area contributed by atoms with E-state index >= 15 is 0 Å². The fourth-order valence-corrected chi connectivity index (χ4v) is 2.07. The third-order valence-corrected chi connectivity index (χ3v) is 3.45. The molecule has 18 heavy (non-hydrogen) atoms. The first-order chi connectivity index (χ1) is 7.97. The zero-order chi connectivity index (χ0) is 12.5. The molecule has 0 aliphatic heterocycles. The molecule has 0 heterocycles. The normalized spacial score (nSPS) is 10.8. The van der Waals surface area contributed by atoms with Gasteiger partial charge in [0, 0.05) is 34.6 Å². The molecule has 2 aromatic carbocycles. The smallest absolute Gasteiger partial charge is 0.282 e. The Bertz CT molecular complexity index is 621. The van der Waals surface area contributed by atoms with Crippen molar-refractivity contribution in [1.82, 2.24) is 0 Å². The van der Waals surface area contributed by atoms with Crippen molar-refractivity contribution in [3.8, 4) is 11.1 Å². The third-order valence-electron chi connectivity index (χ3n) is 2.33. The molecule has 0 aliphatic carbocycles. The summed E-state index contributed by atoms with van der Waals surface area (Å²) in [6.45, 7) is 0. The molecule has 6 heteroatoms. The molecule has 2 rings (SSSR count).